The van der Waals surface area contributed by atoms with E-state index in [2.05, 4.69) is 231 Å². The van der Waals surface area contributed by atoms with Gasteiger partial charge in [-0.3, -0.25) is 0 Å². The molecule has 10 aromatic carbocycles. The minimum absolute atomic E-state index is 0.200. The SMILES string of the molecule is CC1(C)c2cc(-c3ccc4ccccc4c3)ccc2-c2ccc(N(c3ccc4c(ccc5ccccc54)c3)c3ccccc3-c3ccc(-c4ccccc4)cc3)cc21. The van der Waals surface area contributed by atoms with Gasteiger partial charge < -0.3 is 4.90 Å². The van der Waals surface area contributed by atoms with Gasteiger partial charge in [0.2, 0.25) is 0 Å². The average molecular weight is 740 g/mol. The molecule has 0 aliphatic heterocycles. The lowest BCUT2D eigenvalue weighted by Gasteiger charge is -2.30. The molecule has 10 aromatic rings. The van der Waals surface area contributed by atoms with Gasteiger partial charge in [-0.15, -0.1) is 0 Å². The molecular weight excluding hydrogens is 699 g/mol. The van der Waals surface area contributed by atoms with Crippen LogP contribution in [-0.4, -0.2) is 0 Å². The van der Waals surface area contributed by atoms with Crippen molar-refractivity contribution in [2.45, 2.75) is 19.3 Å². The first kappa shape index (κ1) is 34.1. The summed E-state index contributed by atoms with van der Waals surface area (Å²) < 4.78 is 0. The first-order chi connectivity index (χ1) is 28.5. The molecule has 0 spiro atoms. The summed E-state index contributed by atoms with van der Waals surface area (Å²) in [7, 11) is 0. The van der Waals surface area contributed by atoms with E-state index in [1.54, 1.807) is 0 Å². The molecule has 58 heavy (non-hydrogen) atoms. The maximum atomic E-state index is 2.47. The lowest BCUT2D eigenvalue weighted by molar-refractivity contribution is 0.660. The Labute approximate surface area is 340 Å². The predicted octanol–water partition coefficient (Wildman–Crippen LogP) is 15.9. The molecular formula is C57H41N. The van der Waals surface area contributed by atoms with E-state index in [0.717, 1.165) is 17.1 Å². The number of anilines is 3. The van der Waals surface area contributed by atoms with Crippen LogP contribution in [0.15, 0.2) is 212 Å². The Morgan fingerprint density at radius 2 is 0.845 bits per heavy atom. The zero-order valence-electron chi connectivity index (χ0n) is 32.7. The van der Waals surface area contributed by atoms with Gasteiger partial charge in [-0.05, 0) is 125 Å². The van der Waals surface area contributed by atoms with E-state index < -0.39 is 0 Å². The maximum absolute atomic E-state index is 2.47. The van der Waals surface area contributed by atoms with Gasteiger partial charge in [0, 0.05) is 22.4 Å². The summed E-state index contributed by atoms with van der Waals surface area (Å²) >= 11 is 0. The first-order valence-corrected chi connectivity index (χ1v) is 20.2. The van der Waals surface area contributed by atoms with E-state index in [1.165, 1.54) is 88.0 Å². The average Bonchev–Trinajstić information content (AvgIpc) is 3.51. The molecule has 274 valence electrons. The van der Waals surface area contributed by atoms with Crippen molar-refractivity contribution in [1.82, 2.24) is 0 Å². The van der Waals surface area contributed by atoms with E-state index in [9.17, 15) is 0 Å². The molecule has 0 radical (unpaired) electrons. The lowest BCUT2D eigenvalue weighted by Crippen LogP contribution is -2.17. The molecule has 1 nitrogen and oxygen atoms in total. The van der Waals surface area contributed by atoms with E-state index >= 15 is 0 Å². The zero-order valence-corrected chi connectivity index (χ0v) is 32.7. The third-order valence-electron chi connectivity index (χ3n) is 12.4. The lowest BCUT2D eigenvalue weighted by atomic mass is 9.81. The van der Waals surface area contributed by atoms with E-state index in [1.807, 2.05) is 0 Å². The molecule has 0 saturated carbocycles. The number of fused-ring (bicyclic) bond motifs is 7. The maximum Gasteiger partial charge on any atom is 0.0540 e. The van der Waals surface area contributed by atoms with E-state index in [0.29, 0.717) is 0 Å². The van der Waals surface area contributed by atoms with Crippen LogP contribution >= 0.6 is 0 Å². The van der Waals surface area contributed by atoms with Crippen molar-refractivity contribution in [3.05, 3.63) is 223 Å². The number of hydrogen-bond donors (Lipinski definition) is 0. The van der Waals surface area contributed by atoms with Gasteiger partial charge >= 0.3 is 0 Å². The van der Waals surface area contributed by atoms with Crippen LogP contribution in [0.5, 0.6) is 0 Å². The second-order valence-corrected chi connectivity index (χ2v) is 16.2. The molecule has 1 aliphatic rings. The molecule has 0 aromatic heterocycles. The molecule has 0 unspecified atom stereocenters. The molecule has 0 N–H and O–H groups in total. The number of para-hydroxylation sites is 1. The number of rotatable bonds is 6. The van der Waals surface area contributed by atoms with E-state index in [4.69, 9.17) is 0 Å². The monoisotopic (exact) mass is 739 g/mol. The summed E-state index contributed by atoms with van der Waals surface area (Å²) in [6.07, 6.45) is 0. The van der Waals surface area contributed by atoms with Gasteiger partial charge in [-0.25, -0.2) is 0 Å². The highest BCUT2D eigenvalue weighted by molar-refractivity contribution is 6.09. The minimum atomic E-state index is -0.200. The van der Waals surface area contributed by atoms with Crippen molar-refractivity contribution in [3.63, 3.8) is 0 Å². The van der Waals surface area contributed by atoms with E-state index in [-0.39, 0.29) is 5.41 Å². The van der Waals surface area contributed by atoms with Gasteiger partial charge in [0.1, 0.15) is 0 Å². The highest BCUT2D eigenvalue weighted by Crippen LogP contribution is 2.52. The van der Waals surface area contributed by atoms with Gasteiger partial charge in [-0.2, -0.15) is 0 Å². The fourth-order valence-electron chi connectivity index (χ4n) is 9.37. The van der Waals surface area contributed by atoms with Crippen molar-refractivity contribution in [3.8, 4) is 44.5 Å². The molecule has 1 heteroatoms. The Morgan fingerprint density at radius 1 is 0.310 bits per heavy atom. The Kier molecular flexibility index (Phi) is 7.91. The normalized spacial score (nSPS) is 12.8. The minimum Gasteiger partial charge on any atom is -0.310 e. The van der Waals surface area contributed by atoms with Crippen molar-refractivity contribution in [2.24, 2.45) is 0 Å². The summed E-state index contributed by atoms with van der Waals surface area (Å²) in [5.41, 5.74) is 15.9. The van der Waals surface area contributed by atoms with Crippen molar-refractivity contribution >= 4 is 49.4 Å². The zero-order chi connectivity index (χ0) is 38.8. The van der Waals surface area contributed by atoms with Crippen LogP contribution in [0.4, 0.5) is 17.1 Å². The second kappa shape index (κ2) is 13.5. The smallest absolute Gasteiger partial charge is 0.0540 e. The van der Waals surface area contributed by atoms with Gasteiger partial charge in [-0.1, -0.05) is 184 Å². The van der Waals surface area contributed by atoms with Crippen molar-refractivity contribution < 1.29 is 0 Å². The fraction of sp³-hybridized carbons (Fsp3) is 0.0526. The summed E-state index contributed by atoms with van der Waals surface area (Å²) in [6.45, 7) is 4.78. The second-order valence-electron chi connectivity index (χ2n) is 16.2. The fourth-order valence-corrected chi connectivity index (χ4v) is 9.37. The summed E-state index contributed by atoms with van der Waals surface area (Å²) in [5, 5.41) is 7.55. The quantitative estimate of drug-likeness (QED) is 0.154. The number of nitrogens with zero attached hydrogens (tertiary/aromatic N) is 1. The largest absolute Gasteiger partial charge is 0.310 e. The molecule has 11 rings (SSSR count). The predicted molar refractivity (Wildman–Crippen MR) is 248 cm³/mol. The topological polar surface area (TPSA) is 3.24 Å². The molecule has 0 bridgehead atoms. The van der Waals surface area contributed by atoms with Crippen LogP contribution in [0.2, 0.25) is 0 Å². The van der Waals surface area contributed by atoms with Gasteiger partial charge in [0.15, 0.2) is 0 Å². The third kappa shape index (κ3) is 5.62. The number of hydrogen-bond acceptors (Lipinski definition) is 1. The standard InChI is InChI=1S/C57H41N/c1-57(2)54-36-45(44-26-22-39-14-6-7-16-43(39)34-44)28-31-52(54)53-33-30-48(37-55(53)57)58(47-29-32-50-46(35-47)27-25-41-15-8-9-17-49(41)50)56-19-11-10-18-51(56)42-23-20-40(21-24-42)38-12-4-3-5-13-38/h3-37H,1-2H3. The Bertz CT molecular complexity index is 3190. The number of benzene rings is 10. The highest BCUT2D eigenvalue weighted by atomic mass is 15.1. The van der Waals surface area contributed by atoms with Crippen LogP contribution in [0.1, 0.15) is 25.0 Å². The molecule has 0 saturated heterocycles. The Hall–Kier alpha value is -7.22. The molecule has 1 aliphatic carbocycles. The highest BCUT2D eigenvalue weighted by Gasteiger charge is 2.36. The van der Waals surface area contributed by atoms with Gasteiger partial charge in [0.25, 0.3) is 0 Å². The summed E-state index contributed by atoms with van der Waals surface area (Å²) in [5.74, 6) is 0. The van der Waals surface area contributed by atoms with Crippen LogP contribution < -0.4 is 4.90 Å². The molecule has 0 atom stereocenters. The first-order valence-electron chi connectivity index (χ1n) is 20.2. The Morgan fingerprint density at radius 3 is 1.69 bits per heavy atom. The van der Waals surface area contributed by atoms with Crippen molar-refractivity contribution in [1.29, 1.82) is 0 Å². The molecule has 0 amide bonds. The van der Waals surface area contributed by atoms with Crippen molar-refractivity contribution in [2.75, 3.05) is 4.90 Å². The van der Waals surface area contributed by atoms with Gasteiger partial charge in [0.05, 0.1) is 5.69 Å². The summed E-state index contributed by atoms with van der Waals surface area (Å²) in [4.78, 5) is 2.47. The van der Waals surface area contributed by atoms with Crippen LogP contribution in [0.25, 0.3) is 76.8 Å². The molecule has 0 fully saturated rings. The summed E-state index contributed by atoms with van der Waals surface area (Å²) in [6, 6.07) is 78.3. The van der Waals surface area contributed by atoms with Crippen LogP contribution in [0.3, 0.4) is 0 Å². The van der Waals surface area contributed by atoms with Crippen LogP contribution in [0, 0.1) is 0 Å². The molecule has 0 heterocycles. The third-order valence-corrected chi connectivity index (χ3v) is 12.4. The Balaban J connectivity index is 1.05. The van der Waals surface area contributed by atoms with Crippen LogP contribution in [-0.2, 0) is 5.41 Å².